The average Bonchev–Trinajstić information content (AvgIpc) is 2.30. The van der Waals surface area contributed by atoms with Gasteiger partial charge in [-0.3, -0.25) is 4.79 Å². The van der Waals surface area contributed by atoms with Gasteiger partial charge < -0.3 is 11.1 Å². The minimum atomic E-state index is -0.316. The lowest BCUT2D eigenvalue weighted by Gasteiger charge is -2.16. The SMILES string of the molecule is CCc1ccc(C(CC)NCC(N)=O)cc1. The number of primary amides is 1. The maximum Gasteiger partial charge on any atom is 0.231 e. The zero-order valence-electron chi connectivity index (χ0n) is 9.99. The third kappa shape index (κ3) is 3.66. The maximum atomic E-state index is 10.7. The van der Waals surface area contributed by atoms with E-state index in [0.717, 1.165) is 12.8 Å². The molecule has 0 saturated heterocycles. The molecule has 0 aliphatic carbocycles. The normalized spacial score (nSPS) is 12.4. The van der Waals surface area contributed by atoms with Gasteiger partial charge in [-0.2, -0.15) is 0 Å². The van der Waals surface area contributed by atoms with Gasteiger partial charge in [-0.05, 0) is 24.0 Å². The molecule has 1 aromatic carbocycles. The van der Waals surface area contributed by atoms with E-state index in [0.29, 0.717) is 0 Å². The molecule has 16 heavy (non-hydrogen) atoms. The zero-order chi connectivity index (χ0) is 12.0. The molecule has 0 spiro atoms. The molecule has 1 aromatic rings. The molecule has 0 bridgehead atoms. The molecule has 0 aliphatic rings. The van der Waals surface area contributed by atoms with Gasteiger partial charge in [0.1, 0.15) is 0 Å². The van der Waals surface area contributed by atoms with Gasteiger partial charge in [0.25, 0.3) is 0 Å². The summed E-state index contributed by atoms with van der Waals surface area (Å²) in [5.41, 5.74) is 7.65. The Morgan fingerprint density at radius 3 is 2.38 bits per heavy atom. The van der Waals surface area contributed by atoms with Gasteiger partial charge in [-0.1, -0.05) is 38.1 Å². The summed E-state index contributed by atoms with van der Waals surface area (Å²) in [7, 11) is 0. The number of amides is 1. The van der Waals surface area contributed by atoms with Crippen LogP contribution in [-0.2, 0) is 11.2 Å². The number of nitrogens with one attached hydrogen (secondary N) is 1. The molecule has 0 radical (unpaired) electrons. The van der Waals surface area contributed by atoms with Crippen LogP contribution in [0.25, 0.3) is 0 Å². The van der Waals surface area contributed by atoms with Crippen LogP contribution in [0.3, 0.4) is 0 Å². The molecule has 0 saturated carbocycles. The zero-order valence-corrected chi connectivity index (χ0v) is 9.99. The molecule has 0 fully saturated rings. The van der Waals surface area contributed by atoms with Crippen molar-refractivity contribution in [3.8, 4) is 0 Å². The molecule has 0 heterocycles. The molecule has 0 aromatic heterocycles. The molecule has 1 atom stereocenters. The Labute approximate surface area is 97.0 Å². The number of hydrogen-bond acceptors (Lipinski definition) is 2. The number of aryl methyl sites for hydroxylation is 1. The molecular weight excluding hydrogens is 200 g/mol. The lowest BCUT2D eigenvalue weighted by atomic mass is 10.0. The van der Waals surface area contributed by atoms with Crippen LogP contribution in [0.1, 0.15) is 37.4 Å². The van der Waals surface area contributed by atoms with Crippen molar-refractivity contribution in [2.45, 2.75) is 32.7 Å². The first-order valence-corrected chi connectivity index (χ1v) is 5.77. The lowest BCUT2D eigenvalue weighted by Crippen LogP contribution is -2.31. The predicted octanol–water partition coefficient (Wildman–Crippen LogP) is 1.77. The Balaban J connectivity index is 2.66. The van der Waals surface area contributed by atoms with Crippen molar-refractivity contribution in [1.82, 2.24) is 5.32 Å². The van der Waals surface area contributed by atoms with Gasteiger partial charge >= 0.3 is 0 Å². The van der Waals surface area contributed by atoms with Gasteiger partial charge in [0, 0.05) is 6.04 Å². The Morgan fingerprint density at radius 1 is 1.31 bits per heavy atom. The van der Waals surface area contributed by atoms with E-state index < -0.39 is 0 Å². The lowest BCUT2D eigenvalue weighted by molar-refractivity contribution is -0.117. The first-order valence-electron chi connectivity index (χ1n) is 5.77. The summed E-state index contributed by atoms with van der Waals surface area (Å²) < 4.78 is 0. The minimum Gasteiger partial charge on any atom is -0.369 e. The molecule has 1 unspecified atom stereocenters. The van der Waals surface area contributed by atoms with E-state index in [-0.39, 0.29) is 18.5 Å². The van der Waals surface area contributed by atoms with Crippen molar-refractivity contribution in [3.63, 3.8) is 0 Å². The van der Waals surface area contributed by atoms with Crippen molar-refractivity contribution in [1.29, 1.82) is 0 Å². The second-order valence-corrected chi connectivity index (χ2v) is 3.90. The minimum absolute atomic E-state index is 0.207. The van der Waals surface area contributed by atoms with Crippen LogP contribution < -0.4 is 11.1 Å². The van der Waals surface area contributed by atoms with Gasteiger partial charge in [0.2, 0.25) is 5.91 Å². The number of carbonyl (C=O) groups excluding carboxylic acids is 1. The van der Waals surface area contributed by atoms with Crippen molar-refractivity contribution >= 4 is 5.91 Å². The molecule has 1 rings (SSSR count). The Hall–Kier alpha value is -1.35. The highest BCUT2D eigenvalue weighted by Crippen LogP contribution is 2.17. The fraction of sp³-hybridized carbons (Fsp3) is 0.462. The smallest absolute Gasteiger partial charge is 0.231 e. The fourth-order valence-corrected chi connectivity index (χ4v) is 1.71. The highest BCUT2D eigenvalue weighted by atomic mass is 16.1. The van der Waals surface area contributed by atoms with Crippen LogP contribution in [0.4, 0.5) is 0 Å². The van der Waals surface area contributed by atoms with E-state index in [4.69, 9.17) is 5.73 Å². The first-order chi connectivity index (χ1) is 7.67. The number of carbonyl (C=O) groups is 1. The van der Waals surface area contributed by atoms with E-state index in [1.165, 1.54) is 11.1 Å². The summed E-state index contributed by atoms with van der Waals surface area (Å²) in [6.45, 7) is 4.46. The summed E-state index contributed by atoms with van der Waals surface area (Å²) in [5.74, 6) is -0.316. The number of hydrogen-bond donors (Lipinski definition) is 2. The first kappa shape index (κ1) is 12.7. The highest BCUT2D eigenvalue weighted by molar-refractivity contribution is 5.75. The molecular formula is C13H20N2O. The van der Waals surface area contributed by atoms with E-state index in [9.17, 15) is 4.79 Å². The standard InChI is InChI=1S/C13H20N2O/c1-3-10-5-7-11(8-6-10)12(4-2)15-9-13(14)16/h5-8,12,15H,3-4,9H2,1-2H3,(H2,14,16). The maximum absolute atomic E-state index is 10.7. The molecule has 88 valence electrons. The second kappa shape index (κ2) is 6.28. The molecule has 0 aliphatic heterocycles. The summed E-state index contributed by atoms with van der Waals surface area (Å²) in [6, 6.07) is 8.69. The van der Waals surface area contributed by atoms with Crippen LogP contribution in [0.15, 0.2) is 24.3 Å². The molecule has 3 nitrogen and oxygen atoms in total. The van der Waals surface area contributed by atoms with Crippen LogP contribution in [0.2, 0.25) is 0 Å². The van der Waals surface area contributed by atoms with Gasteiger partial charge in [0.05, 0.1) is 6.54 Å². The fourth-order valence-electron chi connectivity index (χ4n) is 1.71. The van der Waals surface area contributed by atoms with Crippen LogP contribution in [0.5, 0.6) is 0 Å². The largest absolute Gasteiger partial charge is 0.369 e. The van der Waals surface area contributed by atoms with E-state index in [1.807, 2.05) is 0 Å². The Kier molecular flexibility index (Phi) is 4.99. The van der Waals surface area contributed by atoms with E-state index in [1.54, 1.807) is 0 Å². The monoisotopic (exact) mass is 220 g/mol. The Morgan fingerprint density at radius 2 is 1.94 bits per heavy atom. The Bertz CT molecular complexity index is 332. The summed E-state index contributed by atoms with van der Waals surface area (Å²) in [4.78, 5) is 10.7. The number of nitrogens with two attached hydrogens (primary N) is 1. The molecule has 3 N–H and O–H groups in total. The summed E-state index contributed by atoms with van der Waals surface area (Å²) >= 11 is 0. The molecule has 1 amide bonds. The average molecular weight is 220 g/mol. The number of benzene rings is 1. The quantitative estimate of drug-likeness (QED) is 0.767. The van der Waals surface area contributed by atoms with Gasteiger partial charge in [-0.25, -0.2) is 0 Å². The van der Waals surface area contributed by atoms with E-state index in [2.05, 4.69) is 43.4 Å². The highest BCUT2D eigenvalue weighted by Gasteiger charge is 2.08. The van der Waals surface area contributed by atoms with Gasteiger partial charge in [0.15, 0.2) is 0 Å². The number of rotatable bonds is 6. The van der Waals surface area contributed by atoms with Crippen molar-refractivity contribution in [3.05, 3.63) is 35.4 Å². The predicted molar refractivity (Wildman–Crippen MR) is 66.0 cm³/mol. The van der Waals surface area contributed by atoms with Crippen LogP contribution in [0, 0.1) is 0 Å². The second-order valence-electron chi connectivity index (χ2n) is 3.90. The summed E-state index contributed by atoms with van der Waals surface area (Å²) in [5, 5.41) is 3.15. The van der Waals surface area contributed by atoms with Gasteiger partial charge in [-0.15, -0.1) is 0 Å². The van der Waals surface area contributed by atoms with Crippen LogP contribution >= 0.6 is 0 Å². The van der Waals surface area contributed by atoms with Crippen LogP contribution in [-0.4, -0.2) is 12.5 Å². The van der Waals surface area contributed by atoms with E-state index >= 15 is 0 Å². The third-order valence-electron chi connectivity index (χ3n) is 2.72. The van der Waals surface area contributed by atoms with Crippen molar-refractivity contribution in [2.75, 3.05) is 6.54 Å². The third-order valence-corrected chi connectivity index (χ3v) is 2.72. The van der Waals surface area contributed by atoms with Crippen molar-refractivity contribution < 1.29 is 4.79 Å². The van der Waals surface area contributed by atoms with Crippen molar-refractivity contribution in [2.24, 2.45) is 5.73 Å². The molecule has 3 heteroatoms. The topological polar surface area (TPSA) is 55.1 Å². The summed E-state index contributed by atoms with van der Waals surface area (Å²) in [6.07, 6.45) is 1.99.